The number of ether oxygens (including phenoxy) is 1. The molecule has 1 saturated heterocycles. The van der Waals surface area contributed by atoms with E-state index in [0.29, 0.717) is 49.5 Å². The Labute approximate surface area is 220 Å². The number of hydrogen-bond donors (Lipinski definition) is 0. The number of amides is 1. The van der Waals surface area contributed by atoms with Crippen LogP contribution in [0.5, 0.6) is 5.75 Å². The normalized spacial score (nSPS) is 14.4. The zero-order valence-electron chi connectivity index (χ0n) is 20.6. The molecule has 1 aliphatic heterocycles. The van der Waals surface area contributed by atoms with Crippen molar-refractivity contribution in [3.05, 3.63) is 83.8 Å². The van der Waals surface area contributed by atoms with Crippen LogP contribution in [0.25, 0.3) is 23.0 Å². The minimum atomic E-state index is -4.38. The average Bonchev–Trinajstić information content (AvgIpc) is 3.43. The Bertz CT molecular complexity index is 1420. The molecule has 0 unspecified atom stereocenters. The lowest BCUT2D eigenvalue weighted by molar-refractivity contribution is -0.153. The minimum Gasteiger partial charge on any atom is -0.484 e. The van der Waals surface area contributed by atoms with Crippen LogP contribution in [0, 0.1) is 5.82 Å². The summed E-state index contributed by atoms with van der Waals surface area (Å²) in [5.74, 6) is -0.00676. The van der Waals surface area contributed by atoms with Crippen molar-refractivity contribution in [1.82, 2.24) is 24.9 Å². The first kappa shape index (κ1) is 26.3. The van der Waals surface area contributed by atoms with Crippen LogP contribution in [-0.4, -0.2) is 69.8 Å². The van der Waals surface area contributed by atoms with Crippen molar-refractivity contribution in [3.63, 3.8) is 0 Å². The van der Waals surface area contributed by atoms with Crippen molar-refractivity contribution in [2.45, 2.75) is 12.7 Å². The molecule has 0 radical (unpaired) electrons. The Hall–Kier alpha value is -4.32. The Kier molecular flexibility index (Phi) is 7.55. The third-order valence-electron chi connectivity index (χ3n) is 6.13. The molecule has 4 aromatic rings. The number of pyridine rings is 1. The number of carbonyl (C=O) groups excluding carboxylic acids is 1. The highest BCUT2D eigenvalue weighted by Gasteiger charge is 2.28. The van der Waals surface area contributed by atoms with E-state index in [1.165, 1.54) is 30.5 Å². The minimum absolute atomic E-state index is 0.147. The quantitative estimate of drug-likeness (QED) is 0.310. The van der Waals surface area contributed by atoms with E-state index in [1.54, 1.807) is 41.3 Å². The second-order valence-electron chi connectivity index (χ2n) is 8.98. The number of hydrogen-bond acceptors (Lipinski definition) is 7. The van der Waals surface area contributed by atoms with Crippen LogP contribution in [0.2, 0.25) is 0 Å². The highest BCUT2D eigenvalue weighted by atomic mass is 19.4. The molecule has 0 saturated carbocycles. The van der Waals surface area contributed by atoms with Gasteiger partial charge in [0.1, 0.15) is 17.3 Å². The number of nitrogens with zero attached hydrogens (tertiary/aromatic N) is 5. The molecule has 0 aliphatic carbocycles. The molecule has 0 N–H and O–H groups in total. The first-order chi connectivity index (χ1) is 18.7. The second kappa shape index (κ2) is 11.2. The summed E-state index contributed by atoms with van der Waals surface area (Å²) in [6.45, 7) is 1.62. The molecule has 202 valence electrons. The van der Waals surface area contributed by atoms with Gasteiger partial charge < -0.3 is 14.2 Å². The fourth-order valence-electron chi connectivity index (χ4n) is 4.13. The highest BCUT2D eigenvalue weighted by Crippen LogP contribution is 2.23. The molecule has 3 heterocycles. The molecule has 0 spiro atoms. The molecular formula is C27H23F4N5O3. The summed E-state index contributed by atoms with van der Waals surface area (Å²) in [4.78, 5) is 25.5. The van der Waals surface area contributed by atoms with Crippen LogP contribution in [0.4, 0.5) is 17.6 Å². The molecule has 0 atom stereocenters. The first-order valence-electron chi connectivity index (χ1n) is 12.1. The summed E-state index contributed by atoms with van der Waals surface area (Å²) in [6, 6.07) is 15.6. The molecule has 8 nitrogen and oxygen atoms in total. The molecule has 12 heteroatoms. The number of alkyl halides is 3. The standard InChI is InChI=1S/C27H23F4N5O3/c28-21-3-1-2-19(14-21)24-33-25(39-34-24)23-9-6-20(15-32-23)26(37)36-12-10-35(11-13-36)16-18-4-7-22(8-5-18)38-17-27(29,30)31/h1-9,14-15H,10-13,16-17H2. The molecule has 2 aromatic heterocycles. The Morgan fingerprint density at radius 3 is 2.44 bits per heavy atom. The second-order valence-corrected chi connectivity index (χ2v) is 8.98. The highest BCUT2D eigenvalue weighted by molar-refractivity contribution is 5.94. The van der Waals surface area contributed by atoms with E-state index in [0.717, 1.165) is 5.56 Å². The number of halogens is 4. The molecule has 1 fully saturated rings. The van der Waals surface area contributed by atoms with Gasteiger partial charge in [-0.3, -0.25) is 14.7 Å². The number of benzene rings is 2. The maximum absolute atomic E-state index is 13.5. The van der Waals surface area contributed by atoms with Crippen LogP contribution >= 0.6 is 0 Å². The zero-order valence-corrected chi connectivity index (χ0v) is 20.6. The first-order valence-corrected chi connectivity index (χ1v) is 12.1. The topological polar surface area (TPSA) is 84.6 Å². The van der Waals surface area contributed by atoms with Gasteiger partial charge in [-0.15, -0.1) is 0 Å². The molecule has 39 heavy (non-hydrogen) atoms. The van der Waals surface area contributed by atoms with Gasteiger partial charge in [0.2, 0.25) is 5.82 Å². The SMILES string of the molecule is O=C(c1ccc(-c2nc(-c3cccc(F)c3)no2)nc1)N1CCN(Cc2ccc(OCC(F)(F)F)cc2)CC1. The van der Waals surface area contributed by atoms with Crippen molar-refractivity contribution in [1.29, 1.82) is 0 Å². The Morgan fingerprint density at radius 1 is 1.00 bits per heavy atom. The summed E-state index contributed by atoms with van der Waals surface area (Å²) in [5.41, 5.74) is 2.23. The summed E-state index contributed by atoms with van der Waals surface area (Å²) in [6.07, 6.45) is -2.92. The van der Waals surface area contributed by atoms with Crippen LogP contribution in [0.15, 0.2) is 71.4 Å². The molecule has 5 rings (SSSR count). The molecule has 0 bridgehead atoms. The Balaban J connectivity index is 1.13. The van der Waals surface area contributed by atoms with Gasteiger partial charge >= 0.3 is 6.18 Å². The van der Waals surface area contributed by atoms with Gasteiger partial charge in [-0.25, -0.2) is 4.39 Å². The third kappa shape index (κ3) is 6.77. The van der Waals surface area contributed by atoms with E-state index in [4.69, 9.17) is 9.26 Å². The van der Waals surface area contributed by atoms with Crippen LogP contribution in [-0.2, 0) is 6.54 Å². The predicted octanol–water partition coefficient (Wildman–Crippen LogP) is 4.84. The van der Waals surface area contributed by atoms with E-state index in [1.807, 2.05) is 0 Å². The van der Waals surface area contributed by atoms with Crippen LogP contribution in [0.1, 0.15) is 15.9 Å². The van der Waals surface area contributed by atoms with Crippen LogP contribution in [0.3, 0.4) is 0 Å². The lowest BCUT2D eigenvalue weighted by Crippen LogP contribution is -2.48. The largest absolute Gasteiger partial charge is 0.484 e. The van der Waals surface area contributed by atoms with Crippen LogP contribution < -0.4 is 4.74 Å². The van der Waals surface area contributed by atoms with Crippen molar-refractivity contribution in [2.24, 2.45) is 0 Å². The summed E-state index contributed by atoms with van der Waals surface area (Å²) in [7, 11) is 0. The summed E-state index contributed by atoms with van der Waals surface area (Å²) >= 11 is 0. The maximum atomic E-state index is 13.5. The van der Waals surface area contributed by atoms with Gasteiger partial charge in [-0.05, 0) is 42.0 Å². The molecule has 1 amide bonds. The lowest BCUT2D eigenvalue weighted by atomic mass is 10.1. The van der Waals surface area contributed by atoms with Gasteiger partial charge in [0.15, 0.2) is 6.61 Å². The fourth-order valence-corrected chi connectivity index (χ4v) is 4.13. The van der Waals surface area contributed by atoms with Gasteiger partial charge in [0.25, 0.3) is 11.8 Å². The predicted molar refractivity (Wildman–Crippen MR) is 132 cm³/mol. The summed E-state index contributed by atoms with van der Waals surface area (Å²) < 4.78 is 60.4. The smallest absolute Gasteiger partial charge is 0.422 e. The monoisotopic (exact) mass is 541 g/mol. The Morgan fingerprint density at radius 2 is 1.77 bits per heavy atom. The fraction of sp³-hybridized carbons (Fsp3) is 0.259. The molecular weight excluding hydrogens is 518 g/mol. The molecule has 2 aromatic carbocycles. The number of piperazine rings is 1. The van der Waals surface area contributed by atoms with E-state index in [-0.39, 0.29) is 23.4 Å². The van der Waals surface area contributed by atoms with Crippen molar-refractivity contribution in [2.75, 3.05) is 32.8 Å². The number of rotatable bonds is 7. The van der Waals surface area contributed by atoms with E-state index in [2.05, 4.69) is 20.0 Å². The van der Waals surface area contributed by atoms with Gasteiger partial charge in [0.05, 0.1) is 5.56 Å². The lowest BCUT2D eigenvalue weighted by Gasteiger charge is -2.34. The zero-order chi connectivity index (χ0) is 27.4. The van der Waals surface area contributed by atoms with Gasteiger partial charge in [-0.2, -0.15) is 18.2 Å². The summed E-state index contributed by atoms with van der Waals surface area (Å²) in [5, 5.41) is 3.87. The number of carbonyl (C=O) groups is 1. The van der Waals surface area contributed by atoms with Crippen molar-refractivity contribution < 1.29 is 31.6 Å². The average molecular weight is 542 g/mol. The van der Waals surface area contributed by atoms with Gasteiger partial charge in [0, 0.05) is 44.5 Å². The van der Waals surface area contributed by atoms with Gasteiger partial charge in [-0.1, -0.05) is 29.4 Å². The third-order valence-corrected chi connectivity index (χ3v) is 6.13. The number of aromatic nitrogens is 3. The maximum Gasteiger partial charge on any atom is 0.422 e. The van der Waals surface area contributed by atoms with E-state index >= 15 is 0 Å². The van der Waals surface area contributed by atoms with Crippen molar-refractivity contribution in [3.8, 4) is 28.7 Å². The van der Waals surface area contributed by atoms with E-state index < -0.39 is 18.6 Å². The molecule has 1 aliphatic rings. The van der Waals surface area contributed by atoms with E-state index in [9.17, 15) is 22.4 Å². The van der Waals surface area contributed by atoms with Crippen molar-refractivity contribution >= 4 is 5.91 Å².